The Balaban J connectivity index is 1.70. The summed E-state index contributed by atoms with van der Waals surface area (Å²) >= 11 is 0. The van der Waals surface area contributed by atoms with Crippen LogP contribution in [-0.2, 0) is 19.9 Å². The summed E-state index contributed by atoms with van der Waals surface area (Å²) in [6, 6.07) is 9.11. The van der Waals surface area contributed by atoms with Crippen LogP contribution < -0.4 is 10.8 Å². The van der Waals surface area contributed by atoms with Crippen molar-refractivity contribution in [1.29, 1.82) is 0 Å². The summed E-state index contributed by atoms with van der Waals surface area (Å²) in [5.74, 6) is -0.575. The molecule has 2 aromatic rings. The molecule has 3 N–H and O–H groups in total. The number of fused-ring (bicyclic) bond motifs is 1. The lowest BCUT2D eigenvalue weighted by atomic mass is 9.87. The Hall–Kier alpha value is -2.60. The Kier molecular flexibility index (Phi) is 4.16. The van der Waals surface area contributed by atoms with Gasteiger partial charge in [0.05, 0.1) is 0 Å². The number of nitrogens with one attached hydrogen (secondary N) is 2. The summed E-state index contributed by atoms with van der Waals surface area (Å²) in [5, 5.41) is 11.8. The molecule has 1 aliphatic rings. The molecular weight excluding hydrogens is 294 g/mol. The fraction of sp³-hybridized carbons (Fsp3) is 0.294. The number of rotatable bonds is 3. The standard InChI is InChI=1S/C17H19N3O3/c1-20-8-2-3-15(20)17(22)18-14-7-6-11-9-13(16(21)19-23)5-4-12(11)10-14/h2-5,8-9,14,23H,6-7,10H2,1H3,(H,18,22)(H,19,21). The van der Waals surface area contributed by atoms with E-state index in [4.69, 9.17) is 5.21 Å². The minimum Gasteiger partial charge on any atom is -0.348 e. The van der Waals surface area contributed by atoms with E-state index in [1.807, 2.05) is 25.4 Å². The highest BCUT2D eigenvalue weighted by atomic mass is 16.5. The first-order valence-electron chi connectivity index (χ1n) is 7.57. The van der Waals surface area contributed by atoms with E-state index in [0.29, 0.717) is 11.3 Å². The van der Waals surface area contributed by atoms with Crippen LogP contribution in [0.3, 0.4) is 0 Å². The van der Waals surface area contributed by atoms with Gasteiger partial charge in [-0.05, 0) is 54.7 Å². The van der Waals surface area contributed by atoms with E-state index >= 15 is 0 Å². The Bertz CT molecular complexity index is 751. The highest BCUT2D eigenvalue weighted by Gasteiger charge is 2.22. The lowest BCUT2D eigenvalue weighted by Crippen LogP contribution is -2.39. The molecule has 0 saturated heterocycles. The third-order valence-electron chi connectivity index (χ3n) is 4.31. The van der Waals surface area contributed by atoms with Gasteiger partial charge in [0, 0.05) is 24.8 Å². The van der Waals surface area contributed by atoms with Gasteiger partial charge in [-0.1, -0.05) is 6.07 Å². The molecule has 2 amide bonds. The zero-order valence-electron chi connectivity index (χ0n) is 12.9. The van der Waals surface area contributed by atoms with Crippen LogP contribution in [-0.4, -0.2) is 27.6 Å². The lowest BCUT2D eigenvalue weighted by Gasteiger charge is -2.26. The van der Waals surface area contributed by atoms with E-state index in [0.717, 1.165) is 30.4 Å². The monoisotopic (exact) mass is 313 g/mol. The van der Waals surface area contributed by atoms with Crippen molar-refractivity contribution in [3.05, 3.63) is 58.9 Å². The second kappa shape index (κ2) is 6.26. The molecule has 3 rings (SSSR count). The van der Waals surface area contributed by atoms with E-state index in [-0.39, 0.29) is 11.9 Å². The van der Waals surface area contributed by atoms with E-state index in [9.17, 15) is 9.59 Å². The maximum Gasteiger partial charge on any atom is 0.274 e. The van der Waals surface area contributed by atoms with Gasteiger partial charge < -0.3 is 9.88 Å². The van der Waals surface area contributed by atoms with Gasteiger partial charge in [-0.15, -0.1) is 0 Å². The van der Waals surface area contributed by atoms with Gasteiger partial charge in [-0.3, -0.25) is 14.8 Å². The molecule has 0 radical (unpaired) electrons. The minimum atomic E-state index is -0.507. The first kappa shape index (κ1) is 15.3. The molecule has 0 aliphatic heterocycles. The van der Waals surface area contributed by atoms with Crippen LogP contribution in [0.1, 0.15) is 38.4 Å². The molecule has 6 nitrogen and oxygen atoms in total. The van der Waals surface area contributed by atoms with E-state index in [2.05, 4.69) is 5.32 Å². The lowest BCUT2D eigenvalue weighted by molar-refractivity contribution is 0.0706. The third kappa shape index (κ3) is 3.12. The number of aryl methyl sites for hydroxylation is 2. The van der Waals surface area contributed by atoms with Crippen LogP contribution in [0.2, 0.25) is 0 Å². The molecule has 1 atom stereocenters. The predicted octanol–water partition coefficient (Wildman–Crippen LogP) is 1.43. The Morgan fingerprint density at radius 3 is 2.74 bits per heavy atom. The zero-order valence-corrected chi connectivity index (χ0v) is 12.9. The van der Waals surface area contributed by atoms with Gasteiger partial charge >= 0.3 is 0 Å². The van der Waals surface area contributed by atoms with Crippen molar-refractivity contribution in [3.8, 4) is 0 Å². The van der Waals surface area contributed by atoms with Gasteiger partial charge in [0.2, 0.25) is 0 Å². The van der Waals surface area contributed by atoms with Crippen LogP contribution in [0.25, 0.3) is 0 Å². The largest absolute Gasteiger partial charge is 0.348 e. The molecule has 1 aromatic carbocycles. The molecule has 120 valence electrons. The predicted molar refractivity (Wildman–Crippen MR) is 84.4 cm³/mol. The topological polar surface area (TPSA) is 83.4 Å². The highest BCUT2D eigenvalue weighted by molar-refractivity contribution is 5.94. The SMILES string of the molecule is Cn1cccc1C(=O)NC1CCc2cc(C(=O)NO)ccc2C1. The number of carbonyl (C=O) groups excluding carboxylic acids is 2. The van der Waals surface area contributed by atoms with Crippen LogP contribution in [0, 0.1) is 0 Å². The zero-order chi connectivity index (χ0) is 16.4. The second-order valence-corrected chi connectivity index (χ2v) is 5.84. The molecule has 1 unspecified atom stereocenters. The van der Waals surface area contributed by atoms with Crippen molar-refractivity contribution >= 4 is 11.8 Å². The molecule has 1 heterocycles. The average molecular weight is 313 g/mol. The van der Waals surface area contributed by atoms with Crippen molar-refractivity contribution in [2.24, 2.45) is 7.05 Å². The molecule has 23 heavy (non-hydrogen) atoms. The van der Waals surface area contributed by atoms with Crippen molar-refractivity contribution in [1.82, 2.24) is 15.4 Å². The number of carbonyl (C=O) groups is 2. The molecule has 1 aliphatic carbocycles. The third-order valence-corrected chi connectivity index (χ3v) is 4.31. The Labute approximate surface area is 134 Å². The molecule has 0 saturated carbocycles. The molecular formula is C17H19N3O3. The fourth-order valence-electron chi connectivity index (χ4n) is 3.04. The first-order valence-corrected chi connectivity index (χ1v) is 7.57. The number of hydroxylamine groups is 1. The summed E-state index contributed by atoms with van der Waals surface area (Å²) in [4.78, 5) is 23.7. The number of hydrogen-bond donors (Lipinski definition) is 3. The van der Waals surface area contributed by atoms with Crippen molar-refractivity contribution in [2.75, 3.05) is 0 Å². The van der Waals surface area contributed by atoms with Crippen molar-refractivity contribution < 1.29 is 14.8 Å². The van der Waals surface area contributed by atoms with Crippen molar-refractivity contribution in [2.45, 2.75) is 25.3 Å². The highest BCUT2D eigenvalue weighted by Crippen LogP contribution is 2.23. The van der Waals surface area contributed by atoms with Gasteiger partial charge in [-0.2, -0.15) is 0 Å². The van der Waals surface area contributed by atoms with Gasteiger partial charge in [0.15, 0.2) is 0 Å². The maximum absolute atomic E-state index is 12.3. The van der Waals surface area contributed by atoms with E-state index in [1.54, 1.807) is 28.2 Å². The van der Waals surface area contributed by atoms with Gasteiger partial charge in [0.25, 0.3) is 11.8 Å². The Morgan fingerprint density at radius 1 is 1.22 bits per heavy atom. The summed E-state index contributed by atoms with van der Waals surface area (Å²) in [5.41, 5.74) is 4.95. The van der Waals surface area contributed by atoms with Crippen LogP contribution in [0.4, 0.5) is 0 Å². The minimum absolute atomic E-state index is 0.0674. The van der Waals surface area contributed by atoms with Crippen molar-refractivity contribution in [3.63, 3.8) is 0 Å². The van der Waals surface area contributed by atoms with E-state index in [1.165, 1.54) is 0 Å². The van der Waals surface area contributed by atoms with Gasteiger partial charge in [0.1, 0.15) is 5.69 Å². The number of benzene rings is 1. The maximum atomic E-state index is 12.3. The first-order chi connectivity index (χ1) is 11.1. The molecule has 0 fully saturated rings. The number of amides is 2. The molecule has 1 aromatic heterocycles. The van der Waals surface area contributed by atoms with E-state index < -0.39 is 5.91 Å². The molecule has 0 bridgehead atoms. The normalized spacial score (nSPS) is 16.5. The number of aromatic nitrogens is 1. The summed E-state index contributed by atoms with van der Waals surface area (Å²) < 4.78 is 1.80. The molecule has 0 spiro atoms. The summed E-state index contributed by atoms with van der Waals surface area (Å²) in [6.07, 6.45) is 4.21. The smallest absolute Gasteiger partial charge is 0.274 e. The number of nitrogens with zero attached hydrogens (tertiary/aromatic N) is 1. The fourth-order valence-corrected chi connectivity index (χ4v) is 3.04. The summed E-state index contributed by atoms with van der Waals surface area (Å²) in [7, 11) is 1.85. The number of hydrogen-bond acceptors (Lipinski definition) is 3. The van der Waals surface area contributed by atoms with Crippen LogP contribution in [0.15, 0.2) is 36.5 Å². The average Bonchev–Trinajstić information content (AvgIpc) is 2.99. The van der Waals surface area contributed by atoms with Crippen LogP contribution in [0.5, 0.6) is 0 Å². The van der Waals surface area contributed by atoms with Gasteiger partial charge in [-0.25, -0.2) is 5.48 Å². The second-order valence-electron chi connectivity index (χ2n) is 5.84. The molecule has 6 heteroatoms. The van der Waals surface area contributed by atoms with Crippen LogP contribution >= 0.6 is 0 Å². The summed E-state index contributed by atoms with van der Waals surface area (Å²) in [6.45, 7) is 0. The Morgan fingerprint density at radius 2 is 2.04 bits per heavy atom. The quantitative estimate of drug-likeness (QED) is 0.592.